The van der Waals surface area contributed by atoms with Crippen LogP contribution in [0.2, 0.25) is 0 Å². The second-order valence-electron chi connectivity index (χ2n) is 6.68. The fourth-order valence-electron chi connectivity index (χ4n) is 3.19. The predicted octanol–water partition coefficient (Wildman–Crippen LogP) is 2.76. The fourth-order valence-corrected chi connectivity index (χ4v) is 3.19. The van der Waals surface area contributed by atoms with Crippen molar-refractivity contribution in [3.63, 3.8) is 0 Å². The molecule has 0 spiro atoms. The van der Waals surface area contributed by atoms with Gasteiger partial charge in [-0.15, -0.1) is 0 Å². The Hall–Kier alpha value is -2.58. The first-order valence-electron chi connectivity index (χ1n) is 9.55. The van der Waals surface area contributed by atoms with Crippen LogP contribution in [0, 0.1) is 0 Å². The normalized spacial score (nSPS) is 15.2. The van der Waals surface area contributed by atoms with Gasteiger partial charge in [0, 0.05) is 38.7 Å². The standard InChI is InChI=1S/C20H29N5O3/c1-21-19-8-9-22-20(24-19)23-15-6-7-17(27-3)18(12-15)28-14-16(26-2)13-25-10-4-5-11-25/h6-9,12,16H,4-5,10-11,13-14H2,1-3H3,(H2,21,22,23,24). The van der Waals surface area contributed by atoms with E-state index in [0.29, 0.717) is 24.1 Å². The molecule has 1 unspecified atom stereocenters. The number of nitrogens with one attached hydrogen (secondary N) is 2. The summed E-state index contributed by atoms with van der Waals surface area (Å²) < 4.78 is 17.1. The number of rotatable bonds is 10. The van der Waals surface area contributed by atoms with Crippen LogP contribution in [0.4, 0.5) is 17.5 Å². The first-order valence-corrected chi connectivity index (χ1v) is 9.55. The van der Waals surface area contributed by atoms with Crippen LogP contribution in [-0.2, 0) is 4.74 Å². The van der Waals surface area contributed by atoms with E-state index in [9.17, 15) is 0 Å². The third-order valence-corrected chi connectivity index (χ3v) is 4.75. The lowest BCUT2D eigenvalue weighted by Gasteiger charge is -2.23. The second-order valence-corrected chi connectivity index (χ2v) is 6.68. The van der Waals surface area contributed by atoms with Crippen molar-refractivity contribution in [3.05, 3.63) is 30.5 Å². The first kappa shape index (κ1) is 20.2. The molecule has 2 N–H and O–H groups in total. The molecular formula is C20H29N5O3. The molecule has 8 heteroatoms. The summed E-state index contributed by atoms with van der Waals surface area (Å²) in [5, 5.41) is 6.19. The summed E-state index contributed by atoms with van der Waals surface area (Å²) in [7, 11) is 5.18. The highest BCUT2D eigenvalue weighted by atomic mass is 16.5. The molecule has 2 aromatic rings. The fraction of sp³-hybridized carbons (Fsp3) is 0.500. The zero-order valence-corrected chi connectivity index (χ0v) is 16.8. The maximum Gasteiger partial charge on any atom is 0.229 e. The zero-order chi connectivity index (χ0) is 19.8. The minimum absolute atomic E-state index is 0.00932. The van der Waals surface area contributed by atoms with Crippen LogP contribution in [0.25, 0.3) is 0 Å². The number of aromatic nitrogens is 2. The molecule has 0 radical (unpaired) electrons. The molecule has 1 aliphatic rings. The maximum atomic E-state index is 6.04. The van der Waals surface area contributed by atoms with Gasteiger partial charge in [-0.1, -0.05) is 0 Å². The first-order chi connectivity index (χ1) is 13.7. The van der Waals surface area contributed by atoms with Gasteiger partial charge in [-0.2, -0.15) is 4.98 Å². The SMILES string of the molecule is CNc1ccnc(Nc2ccc(OC)c(OCC(CN3CCCC3)OC)c2)n1. The van der Waals surface area contributed by atoms with Gasteiger partial charge in [0.25, 0.3) is 0 Å². The Kier molecular flexibility index (Phi) is 7.27. The molecule has 1 aromatic carbocycles. The second kappa shape index (κ2) is 10.1. The van der Waals surface area contributed by atoms with Gasteiger partial charge in [-0.05, 0) is 44.1 Å². The molecule has 2 heterocycles. The van der Waals surface area contributed by atoms with E-state index in [4.69, 9.17) is 14.2 Å². The Bertz CT molecular complexity index is 752. The molecule has 1 fully saturated rings. The largest absolute Gasteiger partial charge is 0.493 e. The number of likely N-dealkylation sites (tertiary alicyclic amines) is 1. The average Bonchev–Trinajstić information content (AvgIpc) is 3.24. The third kappa shape index (κ3) is 5.46. The number of hydrogen-bond donors (Lipinski definition) is 2. The van der Waals surface area contributed by atoms with Crippen molar-refractivity contribution >= 4 is 17.5 Å². The van der Waals surface area contributed by atoms with Crippen LogP contribution in [-0.4, -0.2) is 68.5 Å². The maximum absolute atomic E-state index is 6.04. The van der Waals surface area contributed by atoms with Gasteiger partial charge < -0.3 is 29.7 Å². The van der Waals surface area contributed by atoms with Crippen molar-refractivity contribution in [1.82, 2.24) is 14.9 Å². The Morgan fingerprint density at radius 3 is 2.68 bits per heavy atom. The molecule has 1 saturated heterocycles. The van der Waals surface area contributed by atoms with Gasteiger partial charge in [-0.25, -0.2) is 4.98 Å². The van der Waals surface area contributed by atoms with Gasteiger partial charge in [0.2, 0.25) is 5.95 Å². The molecule has 0 saturated carbocycles. The summed E-state index contributed by atoms with van der Waals surface area (Å²) in [4.78, 5) is 11.0. The highest BCUT2D eigenvalue weighted by molar-refractivity contribution is 5.60. The monoisotopic (exact) mass is 387 g/mol. The molecule has 152 valence electrons. The summed E-state index contributed by atoms with van der Waals surface area (Å²) in [6, 6.07) is 7.46. The molecule has 0 amide bonds. The summed E-state index contributed by atoms with van der Waals surface area (Å²) in [6.07, 6.45) is 4.23. The molecule has 1 aliphatic heterocycles. The third-order valence-electron chi connectivity index (χ3n) is 4.75. The van der Waals surface area contributed by atoms with Crippen molar-refractivity contribution in [2.75, 3.05) is 58.1 Å². The van der Waals surface area contributed by atoms with Crippen LogP contribution in [0.5, 0.6) is 11.5 Å². The Morgan fingerprint density at radius 1 is 1.14 bits per heavy atom. The summed E-state index contributed by atoms with van der Waals surface area (Å²) in [5.41, 5.74) is 0.817. The number of anilines is 3. The van der Waals surface area contributed by atoms with E-state index in [1.54, 1.807) is 26.5 Å². The average molecular weight is 387 g/mol. The molecule has 28 heavy (non-hydrogen) atoms. The number of nitrogens with zero attached hydrogens (tertiary/aromatic N) is 3. The Labute approximate surface area is 166 Å². The van der Waals surface area contributed by atoms with E-state index in [2.05, 4.69) is 25.5 Å². The lowest BCUT2D eigenvalue weighted by atomic mass is 10.2. The number of benzene rings is 1. The lowest BCUT2D eigenvalue weighted by Crippen LogP contribution is -2.35. The molecular weight excluding hydrogens is 358 g/mol. The highest BCUT2D eigenvalue weighted by Gasteiger charge is 2.18. The highest BCUT2D eigenvalue weighted by Crippen LogP contribution is 2.31. The van der Waals surface area contributed by atoms with Crippen molar-refractivity contribution in [1.29, 1.82) is 0 Å². The van der Waals surface area contributed by atoms with Crippen LogP contribution >= 0.6 is 0 Å². The van der Waals surface area contributed by atoms with Crippen LogP contribution in [0.3, 0.4) is 0 Å². The van der Waals surface area contributed by atoms with E-state index >= 15 is 0 Å². The quantitative estimate of drug-likeness (QED) is 0.644. The van der Waals surface area contributed by atoms with Gasteiger partial charge in [-0.3, -0.25) is 0 Å². The molecule has 1 aromatic heterocycles. The lowest BCUT2D eigenvalue weighted by molar-refractivity contribution is 0.0339. The smallest absolute Gasteiger partial charge is 0.229 e. The summed E-state index contributed by atoms with van der Waals surface area (Å²) >= 11 is 0. The van der Waals surface area contributed by atoms with E-state index < -0.39 is 0 Å². The number of methoxy groups -OCH3 is 2. The molecule has 1 atom stereocenters. The van der Waals surface area contributed by atoms with Crippen LogP contribution in [0.15, 0.2) is 30.5 Å². The minimum atomic E-state index is 0.00932. The topological polar surface area (TPSA) is 80.8 Å². The van der Waals surface area contributed by atoms with Crippen LogP contribution < -0.4 is 20.1 Å². The van der Waals surface area contributed by atoms with Crippen LogP contribution in [0.1, 0.15) is 12.8 Å². The van der Waals surface area contributed by atoms with Crippen molar-refractivity contribution in [3.8, 4) is 11.5 Å². The van der Waals surface area contributed by atoms with Gasteiger partial charge in [0.15, 0.2) is 11.5 Å². The summed E-state index contributed by atoms with van der Waals surface area (Å²) in [6.45, 7) is 3.60. The van der Waals surface area contributed by atoms with E-state index in [1.807, 2.05) is 25.2 Å². The zero-order valence-electron chi connectivity index (χ0n) is 16.8. The molecule has 3 rings (SSSR count). The van der Waals surface area contributed by atoms with E-state index in [0.717, 1.165) is 31.1 Å². The van der Waals surface area contributed by atoms with Gasteiger partial charge in [0.05, 0.1) is 7.11 Å². The van der Waals surface area contributed by atoms with Crippen molar-refractivity contribution in [2.24, 2.45) is 0 Å². The Balaban J connectivity index is 1.66. The van der Waals surface area contributed by atoms with Crippen molar-refractivity contribution < 1.29 is 14.2 Å². The van der Waals surface area contributed by atoms with E-state index in [-0.39, 0.29) is 6.10 Å². The predicted molar refractivity (Wildman–Crippen MR) is 110 cm³/mol. The molecule has 0 aliphatic carbocycles. The molecule has 8 nitrogen and oxygen atoms in total. The number of hydrogen-bond acceptors (Lipinski definition) is 8. The van der Waals surface area contributed by atoms with Crippen molar-refractivity contribution in [2.45, 2.75) is 18.9 Å². The summed E-state index contributed by atoms with van der Waals surface area (Å²) in [5.74, 6) is 2.58. The number of ether oxygens (including phenoxy) is 3. The Morgan fingerprint density at radius 2 is 1.96 bits per heavy atom. The van der Waals surface area contributed by atoms with Gasteiger partial charge >= 0.3 is 0 Å². The molecule has 0 bridgehead atoms. The van der Waals surface area contributed by atoms with E-state index in [1.165, 1.54) is 12.8 Å². The van der Waals surface area contributed by atoms with Gasteiger partial charge in [0.1, 0.15) is 18.5 Å². The minimum Gasteiger partial charge on any atom is -0.493 e.